The molecule has 2 atom stereocenters. The SMILES string of the molecule is C[C@H]1C[C@H](C)C[NH+](C2CC[NH+](CCc3ccccc3)CC2)C1. The van der Waals surface area contributed by atoms with Gasteiger partial charge in [0.05, 0.1) is 38.8 Å². The zero-order valence-electron chi connectivity index (χ0n) is 14.5. The van der Waals surface area contributed by atoms with E-state index in [4.69, 9.17) is 0 Å². The third-order valence-corrected chi connectivity index (χ3v) is 5.91. The molecule has 1 aromatic rings. The van der Waals surface area contributed by atoms with Gasteiger partial charge in [0.15, 0.2) is 0 Å². The standard InChI is InChI=1S/C20H32N2/c1-17-14-18(2)16-22(15-17)20-9-12-21(13-10-20)11-8-19-6-4-3-5-7-19/h3-7,17-18,20H,8-16H2,1-2H3/p+2/t17-,18-/m0/s1. The van der Waals surface area contributed by atoms with Crippen molar-refractivity contribution < 1.29 is 9.80 Å². The minimum absolute atomic E-state index is 0.933. The fourth-order valence-electron chi connectivity index (χ4n) is 4.82. The number of hydrogen-bond acceptors (Lipinski definition) is 0. The predicted octanol–water partition coefficient (Wildman–Crippen LogP) is 0.837. The normalized spacial score (nSPS) is 36.2. The van der Waals surface area contributed by atoms with Gasteiger partial charge in [-0.2, -0.15) is 0 Å². The van der Waals surface area contributed by atoms with E-state index in [1.807, 2.05) is 9.80 Å². The molecule has 0 radical (unpaired) electrons. The zero-order chi connectivity index (χ0) is 15.4. The van der Waals surface area contributed by atoms with Crippen molar-refractivity contribution in [2.45, 2.75) is 45.6 Å². The highest BCUT2D eigenvalue weighted by Crippen LogP contribution is 2.13. The summed E-state index contributed by atoms with van der Waals surface area (Å²) >= 11 is 0. The van der Waals surface area contributed by atoms with E-state index in [1.54, 1.807) is 0 Å². The highest BCUT2D eigenvalue weighted by Gasteiger charge is 2.34. The van der Waals surface area contributed by atoms with Crippen LogP contribution in [0.4, 0.5) is 0 Å². The van der Waals surface area contributed by atoms with Gasteiger partial charge in [-0.3, -0.25) is 0 Å². The van der Waals surface area contributed by atoms with E-state index < -0.39 is 0 Å². The maximum absolute atomic E-state index is 2.45. The summed E-state index contributed by atoms with van der Waals surface area (Å²) in [5.74, 6) is 1.87. The summed E-state index contributed by atoms with van der Waals surface area (Å²) in [5, 5.41) is 0. The Morgan fingerprint density at radius 3 is 2.23 bits per heavy atom. The molecule has 0 amide bonds. The van der Waals surface area contributed by atoms with Crippen LogP contribution in [0.2, 0.25) is 0 Å². The molecule has 2 heterocycles. The minimum atomic E-state index is 0.933. The third-order valence-electron chi connectivity index (χ3n) is 5.91. The van der Waals surface area contributed by atoms with Crippen LogP contribution in [0.1, 0.15) is 38.7 Å². The van der Waals surface area contributed by atoms with Crippen molar-refractivity contribution in [1.29, 1.82) is 0 Å². The van der Waals surface area contributed by atoms with Gasteiger partial charge in [0.1, 0.15) is 0 Å². The maximum atomic E-state index is 2.45. The fourth-order valence-corrected chi connectivity index (χ4v) is 4.82. The summed E-state index contributed by atoms with van der Waals surface area (Å²) < 4.78 is 0. The second-order valence-electron chi connectivity index (χ2n) is 8.02. The van der Waals surface area contributed by atoms with E-state index in [2.05, 4.69) is 44.2 Å². The first kappa shape index (κ1) is 16.0. The van der Waals surface area contributed by atoms with E-state index in [0.717, 1.165) is 17.9 Å². The molecule has 0 unspecified atom stereocenters. The number of quaternary nitrogens is 2. The van der Waals surface area contributed by atoms with Crippen molar-refractivity contribution in [3.8, 4) is 0 Å². The quantitative estimate of drug-likeness (QED) is 0.815. The molecule has 22 heavy (non-hydrogen) atoms. The molecular formula is C20H34N2+2. The molecule has 2 nitrogen and oxygen atoms in total. The van der Waals surface area contributed by atoms with Crippen LogP contribution < -0.4 is 9.80 Å². The predicted molar refractivity (Wildman–Crippen MR) is 92.4 cm³/mol. The Labute approximate surface area is 136 Å². The Balaban J connectivity index is 1.42. The Morgan fingerprint density at radius 1 is 0.955 bits per heavy atom. The highest BCUT2D eigenvalue weighted by molar-refractivity contribution is 5.14. The lowest BCUT2D eigenvalue weighted by molar-refractivity contribution is -0.964. The monoisotopic (exact) mass is 302 g/mol. The van der Waals surface area contributed by atoms with Crippen molar-refractivity contribution in [1.82, 2.24) is 0 Å². The molecular weight excluding hydrogens is 268 g/mol. The summed E-state index contributed by atoms with van der Waals surface area (Å²) in [6.45, 7) is 11.9. The molecule has 3 rings (SSSR count). The molecule has 0 aliphatic carbocycles. The highest BCUT2D eigenvalue weighted by atomic mass is 15.2. The van der Waals surface area contributed by atoms with Crippen LogP contribution in [0.25, 0.3) is 0 Å². The fraction of sp³-hybridized carbons (Fsp3) is 0.700. The second-order valence-corrected chi connectivity index (χ2v) is 8.02. The van der Waals surface area contributed by atoms with Crippen molar-refractivity contribution >= 4 is 0 Å². The molecule has 2 fully saturated rings. The average molecular weight is 303 g/mol. The average Bonchev–Trinajstić information content (AvgIpc) is 2.53. The molecule has 1 aromatic carbocycles. The first-order valence-corrected chi connectivity index (χ1v) is 9.42. The number of hydrogen-bond donors (Lipinski definition) is 2. The van der Waals surface area contributed by atoms with E-state index >= 15 is 0 Å². The van der Waals surface area contributed by atoms with Gasteiger partial charge in [0.25, 0.3) is 0 Å². The molecule has 122 valence electrons. The van der Waals surface area contributed by atoms with Gasteiger partial charge < -0.3 is 9.80 Å². The maximum Gasteiger partial charge on any atom is 0.0983 e. The Morgan fingerprint density at radius 2 is 1.59 bits per heavy atom. The molecule has 0 bridgehead atoms. The molecule has 0 aromatic heterocycles. The van der Waals surface area contributed by atoms with Gasteiger partial charge in [0, 0.05) is 31.1 Å². The van der Waals surface area contributed by atoms with Crippen LogP contribution in [0.5, 0.6) is 0 Å². The topological polar surface area (TPSA) is 8.88 Å². The van der Waals surface area contributed by atoms with Crippen molar-refractivity contribution in [2.75, 3.05) is 32.7 Å². The lowest BCUT2D eigenvalue weighted by Crippen LogP contribution is -3.21. The van der Waals surface area contributed by atoms with Crippen molar-refractivity contribution in [3.63, 3.8) is 0 Å². The molecule has 0 spiro atoms. The lowest BCUT2D eigenvalue weighted by Gasteiger charge is -2.39. The van der Waals surface area contributed by atoms with E-state index in [-0.39, 0.29) is 0 Å². The minimum Gasteiger partial charge on any atom is -0.334 e. The smallest absolute Gasteiger partial charge is 0.0983 e. The molecule has 2 aliphatic heterocycles. The third kappa shape index (κ3) is 4.33. The van der Waals surface area contributed by atoms with Crippen LogP contribution in [0.15, 0.2) is 30.3 Å². The Kier molecular flexibility index (Phi) is 5.54. The first-order chi connectivity index (χ1) is 10.7. The van der Waals surface area contributed by atoms with Crippen LogP contribution in [-0.4, -0.2) is 38.8 Å². The summed E-state index contributed by atoms with van der Waals surface area (Å²) in [5.41, 5.74) is 1.50. The van der Waals surface area contributed by atoms with Gasteiger partial charge in [-0.1, -0.05) is 44.2 Å². The van der Waals surface area contributed by atoms with Crippen LogP contribution in [-0.2, 0) is 6.42 Å². The van der Waals surface area contributed by atoms with E-state index in [0.29, 0.717) is 0 Å². The van der Waals surface area contributed by atoms with Crippen LogP contribution in [0.3, 0.4) is 0 Å². The van der Waals surface area contributed by atoms with Gasteiger partial charge in [-0.15, -0.1) is 0 Å². The van der Waals surface area contributed by atoms with E-state index in [9.17, 15) is 0 Å². The number of nitrogens with one attached hydrogen (secondary N) is 2. The van der Waals surface area contributed by atoms with Gasteiger partial charge in [0.2, 0.25) is 0 Å². The summed E-state index contributed by atoms with van der Waals surface area (Å²) in [4.78, 5) is 3.76. The number of piperidine rings is 2. The summed E-state index contributed by atoms with van der Waals surface area (Å²) in [6, 6.07) is 11.9. The van der Waals surface area contributed by atoms with Crippen LogP contribution >= 0.6 is 0 Å². The molecule has 2 heteroatoms. The van der Waals surface area contributed by atoms with Gasteiger partial charge in [-0.05, 0) is 12.0 Å². The van der Waals surface area contributed by atoms with Gasteiger partial charge >= 0.3 is 0 Å². The number of rotatable bonds is 4. The van der Waals surface area contributed by atoms with Crippen molar-refractivity contribution in [2.24, 2.45) is 11.8 Å². The second kappa shape index (κ2) is 7.61. The zero-order valence-corrected chi connectivity index (χ0v) is 14.5. The Bertz CT molecular complexity index is 426. The number of likely N-dealkylation sites (tertiary alicyclic amines) is 2. The largest absolute Gasteiger partial charge is 0.334 e. The summed E-state index contributed by atoms with van der Waals surface area (Å²) in [7, 11) is 0. The molecule has 2 saturated heterocycles. The van der Waals surface area contributed by atoms with Gasteiger partial charge in [-0.25, -0.2) is 0 Å². The molecule has 0 saturated carbocycles. The molecule has 2 aliphatic rings. The number of benzene rings is 1. The first-order valence-electron chi connectivity index (χ1n) is 9.42. The van der Waals surface area contributed by atoms with E-state index in [1.165, 1.54) is 64.0 Å². The molecule has 2 N–H and O–H groups in total. The Hall–Kier alpha value is -0.860. The summed E-state index contributed by atoms with van der Waals surface area (Å²) in [6.07, 6.45) is 5.58. The van der Waals surface area contributed by atoms with Crippen LogP contribution in [0, 0.1) is 11.8 Å². The lowest BCUT2D eigenvalue weighted by atomic mass is 9.89. The van der Waals surface area contributed by atoms with Crippen molar-refractivity contribution in [3.05, 3.63) is 35.9 Å².